The van der Waals surface area contributed by atoms with Gasteiger partial charge in [-0.3, -0.25) is 4.79 Å². The summed E-state index contributed by atoms with van der Waals surface area (Å²) in [6, 6.07) is 12.5. The summed E-state index contributed by atoms with van der Waals surface area (Å²) >= 11 is 6.26. The molecule has 142 valence electrons. The van der Waals surface area contributed by atoms with E-state index >= 15 is 0 Å². The summed E-state index contributed by atoms with van der Waals surface area (Å²) in [5, 5.41) is 4.13. The summed E-state index contributed by atoms with van der Waals surface area (Å²) in [5.41, 5.74) is 10.4. The van der Waals surface area contributed by atoms with Gasteiger partial charge in [0.15, 0.2) is 0 Å². The van der Waals surface area contributed by atoms with Crippen molar-refractivity contribution >= 4 is 28.9 Å². The van der Waals surface area contributed by atoms with Crippen LogP contribution in [0, 0.1) is 0 Å². The minimum Gasteiger partial charge on any atom is -0.377 e. The minimum absolute atomic E-state index is 0.120. The first-order chi connectivity index (χ1) is 12.8. The number of amides is 1. The molecule has 0 spiro atoms. The zero-order valence-electron chi connectivity index (χ0n) is 15.9. The Morgan fingerprint density at radius 1 is 1.22 bits per heavy atom. The number of carbonyl (C=O) groups is 1. The number of nitrogens with two attached hydrogens (primary N) is 1. The predicted octanol–water partition coefficient (Wildman–Crippen LogP) is 4.87. The van der Waals surface area contributed by atoms with E-state index in [1.165, 1.54) is 24.1 Å². The van der Waals surface area contributed by atoms with Gasteiger partial charge < -0.3 is 16.0 Å². The van der Waals surface area contributed by atoms with Gasteiger partial charge in [-0.2, -0.15) is 0 Å². The zero-order chi connectivity index (χ0) is 19.2. The number of hydrogen-bond acceptors (Lipinski definition) is 3. The molecule has 2 aromatic rings. The zero-order valence-corrected chi connectivity index (χ0v) is 16.6. The molecule has 0 aliphatic carbocycles. The highest BCUT2D eigenvalue weighted by atomic mass is 35.5. The molecule has 2 aromatic carbocycles. The van der Waals surface area contributed by atoms with Crippen molar-refractivity contribution in [2.24, 2.45) is 5.73 Å². The molecule has 27 heavy (non-hydrogen) atoms. The van der Waals surface area contributed by atoms with E-state index in [-0.39, 0.29) is 11.5 Å². The third kappa shape index (κ3) is 3.39. The van der Waals surface area contributed by atoms with Crippen molar-refractivity contribution in [2.45, 2.75) is 44.6 Å². The monoisotopic (exact) mass is 383 g/mol. The number of hydrogen-bond donors (Lipinski definition) is 2. The number of carbonyl (C=O) groups excluding carboxylic acids is 1. The Kier molecular flexibility index (Phi) is 4.55. The second kappa shape index (κ2) is 6.75. The van der Waals surface area contributed by atoms with Crippen LogP contribution >= 0.6 is 11.6 Å². The Morgan fingerprint density at radius 2 is 1.96 bits per heavy atom. The summed E-state index contributed by atoms with van der Waals surface area (Å²) < 4.78 is 0. The van der Waals surface area contributed by atoms with Gasteiger partial charge in [0.2, 0.25) is 0 Å². The Morgan fingerprint density at radius 3 is 2.67 bits per heavy atom. The summed E-state index contributed by atoms with van der Waals surface area (Å²) in [7, 11) is 0. The first-order valence-corrected chi connectivity index (χ1v) is 9.98. The van der Waals surface area contributed by atoms with Gasteiger partial charge in [0.05, 0.1) is 17.3 Å². The molecule has 1 amide bonds. The molecule has 0 bridgehead atoms. The average Bonchev–Trinajstić information content (AvgIpc) is 3.16. The Labute approximate surface area is 165 Å². The number of halogens is 1. The van der Waals surface area contributed by atoms with Crippen LogP contribution in [0.2, 0.25) is 5.02 Å². The van der Waals surface area contributed by atoms with Gasteiger partial charge in [-0.05, 0) is 60.1 Å². The van der Waals surface area contributed by atoms with Crippen LogP contribution < -0.4 is 16.0 Å². The fraction of sp³-hybridized carbons (Fsp3) is 0.409. The van der Waals surface area contributed by atoms with E-state index in [0.717, 1.165) is 30.8 Å². The molecular weight excluding hydrogens is 358 g/mol. The largest absolute Gasteiger partial charge is 0.377 e. The lowest BCUT2D eigenvalue weighted by molar-refractivity contribution is 0.100. The molecule has 0 radical (unpaired) electrons. The van der Waals surface area contributed by atoms with Crippen LogP contribution in [0.3, 0.4) is 0 Å². The standard InChI is InChI=1S/C22H26ClN3O/c1-22(2)13-19(14-6-5-7-16(10-14)26-8-3-4-9-26)25-20-17(21(24)27)11-15(23)12-18(20)22/h5-7,10-12,19,25H,3-4,8-9,13H2,1-2H3,(H2,24,27). The summed E-state index contributed by atoms with van der Waals surface area (Å²) in [6.07, 6.45) is 3.44. The van der Waals surface area contributed by atoms with E-state index < -0.39 is 5.91 Å². The number of primary amides is 1. The number of benzene rings is 2. The van der Waals surface area contributed by atoms with Gasteiger partial charge >= 0.3 is 0 Å². The van der Waals surface area contributed by atoms with E-state index in [9.17, 15) is 4.79 Å². The maximum absolute atomic E-state index is 12.0. The van der Waals surface area contributed by atoms with E-state index in [0.29, 0.717) is 10.6 Å². The van der Waals surface area contributed by atoms with Crippen LogP contribution in [0.4, 0.5) is 11.4 Å². The SMILES string of the molecule is CC1(C)CC(c2cccc(N3CCCC3)c2)Nc2c(C(N)=O)cc(Cl)cc21. The molecule has 1 unspecified atom stereocenters. The van der Waals surface area contributed by atoms with Crippen molar-refractivity contribution < 1.29 is 4.79 Å². The van der Waals surface area contributed by atoms with Crippen LogP contribution in [0.5, 0.6) is 0 Å². The Balaban J connectivity index is 1.74. The maximum atomic E-state index is 12.0. The van der Waals surface area contributed by atoms with E-state index in [1.54, 1.807) is 6.07 Å². The van der Waals surface area contributed by atoms with E-state index in [4.69, 9.17) is 17.3 Å². The lowest BCUT2D eigenvalue weighted by Gasteiger charge is -2.40. The molecular formula is C22H26ClN3O. The van der Waals surface area contributed by atoms with Crippen molar-refractivity contribution in [1.82, 2.24) is 0 Å². The van der Waals surface area contributed by atoms with Crippen LogP contribution in [0.25, 0.3) is 0 Å². The quantitative estimate of drug-likeness (QED) is 0.794. The molecule has 4 rings (SSSR count). The fourth-order valence-corrected chi connectivity index (χ4v) is 4.67. The van der Waals surface area contributed by atoms with Crippen molar-refractivity contribution in [1.29, 1.82) is 0 Å². The Hall–Kier alpha value is -2.20. The molecule has 2 aliphatic heterocycles. The van der Waals surface area contributed by atoms with Crippen LogP contribution in [0.15, 0.2) is 36.4 Å². The molecule has 2 aliphatic rings. The normalized spacial score (nSPS) is 20.9. The van der Waals surface area contributed by atoms with Gasteiger partial charge in [-0.25, -0.2) is 0 Å². The summed E-state index contributed by atoms with van der Waals surface area (Å²) in [4.78, 5) is 14.5. The maximum Gasteiger partial charge on any atom is 0.250 e. The van der Waals surface area contributed by atoms with Crippen molar-refractivity contribution in [3.05, 3.63) is 58.1 Å². The third-order valence-corrected chi connectivity index (χ3v) is 6.09. The predicted molar refractivity (Wildman–Crippen MR) is 112 cm³/mol. The number of nitrogens with zero attached hydrogens (tertiary/aromatic N) is 1. The van der Waals surface area contributed by atoms with Crippen molar-refractivity contribution in [2.75, 3.05) is 23.3 Å². The number of rotatable bonds is 3. The highest BCUT2D eigenvalue weighted by Gasteiger charge is 2.36. The summed E-state index contributed by atoms with van der Waals surface area (Å²) in [5.74, 6) is -0.455. The molecule has 3 N–H and O–H groups in total. The molecule has 0 saturated carbocycles. The number of nitrogens with one attached hydrogen (secondary N) is 1. The molecule has 5 heteroatoms. The molecule has 1 atom stereocenters. The van der Waals surface area contributed by atoms with E-state index in [2.05, 4.69) is 48.3 Å². The fourth-order valence-electron chi connectivity index (χ4n) is 4.45. The second-order valence-corrected chi connectivity index (χ2v) is 8.75. The van der Waals surface area contributed by atoms with Gasteiger partial charge in [0, 0.05) is 23.8 Å². The third-order valence-electron chi connectivity index (χ3n) is 5.87. The molecule has 2 heterocycles. The highest BCUT2D eigenvalue weighted by molar-refractivity contribution is 6.31. The van der Waals surface area contributed by atoms with Crippen molar-refractivity contribution in [3.8, 4) is 0 Å². The van der Waals surface area contributed by atoms with Crippen molar-refractivity contribution in [3.63, 3.8) is 0 Å². The lowest BCUT2D eigenvalue weighted by atomic mass is 9.73. The minimum atomic E-state index is -0.455. The van der Waals surface area contributed by atoms with E-state index in [1.807, 2.05) is 6.07 Å². The number of anilines is 2. The van der Waals surface area contributed by atoms with Gasteiger partial charge in [0.25, 0.3) is 5.91 Å². The molecule has 1 saturated heterocycles. The van der Waals surface area contributed by atoms with Crippen LogP contribution in [-0.2, 0) is 5.41 Å². The number of fused-ring (bicyclic) bond motifs is 1. The Bertz CT molecular complexity index is 887. The van der Waals surface area contributed by atoms with Crippen LogP contribution in [-0.4, -0.2) is 19.0 Å². The summed E-state index contributed by atoms with van der Waals surface area (Å²) in [6.45, 7) is 6.65. The van der Waals surface area contributed by atoms with Gasteiger partial charge in [-0.15, -0.1) is 0 Å². The first kappa shape index (κ1) is 18.2. The smallest absolute Gasteiger partial charge is 0.250 e. The topological polar surface area (TPSA) is 58.4 Å². The first-order valence-electron chi connectivity index (χ1n) is 9.60. The lowest BCUT2D eigenvalue weighted by Crippen LogP contribution is -2.33. The molecule has 1 fully saturated rings. The van der Waals surface area contributed by atoms with Gasteiger partial charge in [-0.1, -0.05) is 37.6 Å². The van der Waals surface area contributed by atoms with Crippen LogP contribution in [0.1, 0.15) is 60.6 Å². The van der Waals surface area contributed by atoms with Gasteiger partial charge in [0.1, 0.15) is 0 Å². The average molecular weight is 384 g/mol. The molecule has 0 aromatic heterocycles. The molecule has 4 nitrogen and oxygen atoms in total. The second-order valence-electron chi connectivity index (χ2n) is 8.31. The highest BCUT2D eigenvalue weighted by Crippen LogP contribution is 2.46.